The summed E-state index contributed by atoms with van der Waals surface area (Å²) in [6.45, 7) is 2.06. The molecule has 2 aromatic rings. The SMILES string of the molecule is COc1ccc(OCC#Cc2ccc(CCC(C)(N)CCP(=O)(O)O)s2)cc1OC. The third-order valence-electron chi connectivity index (χ3n) is 4.46. The highest BCUT2D eigenvalue weighted by atomic mass is 32.1. The summed E-state index contributed by atoms with van der Waals surface area (Å²) in [6.07, 6.45) is 1.47. The van der Waals surface area contributed by atoms with Gasteiger partial charge in [-0.15, -0.1) is 11.3 Å². The Balaban J connectivity index is 1.84. The van der Waals surface area contributed by atoms with E-state index in [1.54, 1.807) is 43.8 Å². The van der Waals surface area contributed by atoms with E-state index in [0.29, 0.717) is 23.7 Å². The molecule has 0 saturated heterocycles. The second-order valence-electron chi connectivity index (χ2n) is 7.17. The van der Waals surface area contributed by atoms with Gasteiger partial charge in [0, 0.05) is 16.5 Å². The van der Waals surface area contributed by atoms with E-state index < -0.39 is 13.1 Å². The van der Waals surface area contributed by atoms with Gasteiger partial charge in [0.15, 0.2) is 11.5 Å². The Morgan fingerprint density at radius 2 is 1.87 bits per heavy atom. The molecule has 0 aliphatic rings. The molecule has 0 spiro atoms. The molecule has 0 radical (unpaired) electrons. The second-order valence-corrected chi connectivity index (χ2v) is 10.1. The number of methoxy groups -OCH3 is 2. The monoisotopic (exact) mass is 453 g/mol. The lowest BCUT2D eigenvalue weighted by molar-refractivity contribution is 0.341. The molecular formula is C21H28NO6PS. The third-order valence-corrected chi connectivity index (χ3v) is 6.32. The predicted octanol–water partition coefficient (Wildman–Crippen LogP) is 3.41. The second kappa shape index (κ2) is 10.9. The van der Waals surface area contributed by atoms with Crippen molar-refractivity contribution in [1.29, 1.82) is 0 Å². The fraction of sp³-hybridized carbons (Fsp3) is 0.429. The molecule has 4 N–H and O–H groups in total. The fourth-order valence-corrected chi connectivity index (χ4v) is 4.35. The lowest BCUT2D eigenvalue weighted by Crippen LogP contribution is -2.37. The van der Waals surface area contributed by atoms with Gasteiger partial charge in [0.2, 0.25) is 0 Å². The standard InChI is InChI=1S/C21H28NO6PS/c1-21(22,12-14-29(23,24)25)11-10-18-8-7-17(30-18)5-4-13-28-16-6-9-19(26-2)20(15-16)27-3/h6-9,15H,10-14,22H2,1-3H3,(H2,23,24,25). The van der Waals surface area contributed by atoms with Crippen molar-refractivity contribution < 1.29 is 28.6 Å². The molecule has 1 unspecified atom stereocenters. The fourth-order valence-electron chi connectivity index (χ4n) is 2.66. The van der Waals surface area contributed by atoms with E-state index in [9.17, 15) is 4.57 Å². The zero-order chi connectivity index (χ0) is 22.2. The van der Waals surface area contributed by atoms with Crippen LogP contribution in [-0.2, 0) is 11.0 Å². The molecule has 164 valence electrons. The van der Waals surface area contributed by atoms with Crippen molar-refractivity contribution in [2.45, 2.75) is 31.7 Å². The molecule has 0 bridgehead atoms. The van der Waals surface area contributed by atoms with Crippen molar-refractivity contribution in [1.82, 2.24) is 0 Å². The van der Waals surface area contributed by atoms with Crippen LogP contribution < -0.4 is 19.9 Å². The number of aryl methyl sites for hydroxylation is 1. The van der Waals surface area contributed by atoms with Crippen LogP contribution in [0.1, 0.15) is 29.5 Å². The van der Waals surface area contributed by atoms with E-state index in [0.717, 1.165) is 16.2 Å². The van der Waals surface area contributed by atoms with Gasteiger partial charge in [0.25, 0.3) is 0 Å². The maximum Gasteiger partial charge on any atom is 0.325 e. The van der Waals surface area contributed by atoms with E-state index in [4.69, 9.17) is 29.7 Å². The van der Waals surface area contributed by atoms with Crippen LogP contribution in [0.3, 0.4) is 0 Å². The predicted molar refractivity (Wildman–Crippen MR) is 119 cm³/mol. The Kier molecular flexibility index (Phi) is 8.78. The molecule has 7 nitrogen and oxygen atoms in total. The summed E-state index contributed by atoms with van der Waals surface area (Å²) in [7, 11) is -0.872. The lowest BCUT2D eigenvalue weighted by atomic mass is 9.94. The Labute approximate surface area is 181 Å². The molecule has 0 amide bonds. The summed E-state index contributed by atoms with van der Waals surface area (Å²) in [4.78, 5) is 20.1. The summed E-state index contributed by atoms with van der Waals surface area (Å²) in [5.41, 5.74) is 5.55. The first kappa shape index (κ1) is 24.3. The highest BCUT2D eigenvalue weighted by Gasteiger charge is 2.23. The molecule has 0 aliphatic carbocycles. The first-order valence-electron chi connectivity index (χ1n) is 9.38. The van der Waals surface area contributed by atoms with Crippen LogP contribution in [0.15, 0.2) is 30.3 Å². The first-order chi connectivity index (χ1) is 14.1. The van der Waals surface area contributed by atoms with E-state index in [1.807, 2.05) is 19.1 Å². The van der Waals surface area contributed by atoms with Crippen molar-refractivity contribution in [3.63, 3.8) is 0 Å². The van der Waals surface area contributed by atoms with Gasteiger partial charge < -0.3 is 29.7 Å². The Hall–Kier alpha value is -2.01. The number of thiophene rings is 1. The van der Waals surface area contributed by atoms with Crippen molar-refractivity contribution in [2.24, 2.45) is 5.73 Å². The van der Waals surface area contributed by atoms with Gasteiger partial charge in [-0.05, 0) is 50.5 Å². The minimum absolute atomic E-state index is 0.193. The molecular weight excluding hydrogens is 425 g/mol. The number of ether oxygens (including phenoxy) is 3. The highest BCUT2D eigenvalue weighted by molar-refractivity contribution is 7.51. The average Bonchev–Trinajstić information content (AvgIpc) is 3.15. The first-order valence-corrected chi connectivity index (χ1v) is 12.0. The molecule has 0 aliphatic heterocycles. The van der Waals surface area contributed by atoms with Gasteiger partial charge in [0.05, 0.1) is 25.3 Å². The Bertz CT molecular complexity index is 940. The Morgan fingerprint density at radius 1 is 1.13 bits per heavy atom. The summed E-state index contributed by atoms with van der Waals surface area (Å²) < 4.78 is 27.1. The topological polar surface area (TPSA) is 111 Å². The summed E-state index contributed by atoms with van der Waals surface area (Å²) in [6, 6.07) is 9.27. The van der Waals surface area contributed by atoms with Crippen LogP contribution in [0, 0.1) is 11.8 Å². The van der Waals surface area contributed by atoms with E-state index in [2.05, 4.69) is 11.8 Å². The molecule has 1 atom stereocenters. The van der Waals surface area contributed by atoms with Crippen molar-refractivity contribution in [3.8, 4) is 29.1 Å². The average molecular weight is 453 g/mol. The van der Waals surface area contributed by atoms with E-state index >= 15 is 0 Å². The van der Waals surface area contributed by atoms with Crippen molar-refractivity contribution >= 4 is 18.9 Å². The maximum atomic E-state index is 11.0. The largest absolute Gasteiger partial charge is 0.493 e. The minimum Gasteiger partial charge on any atom is -0.493 e. The van der Waals surface area contributed by atoms with Crippen LogP contribution >= 0.6 is 18.9 Å². The van der Waals surface area contributed by atoms with Crippen molar-refractivity contribution in [2.75, 3.05) is 27.0 Å². The zero-order valence-corrected chi connectivity index (χ0v) is 19.1. The van der Waals surface area contributed by atoms with Gasteiger partial charge in [-0.2, -0.15) is 0 Å². The lowest BCUT2D eigenvalue weighted by Gasteiger charge is -2.24. The normalized spacial score (nSPS) is 13.1. The molecule has 1 heterocycles. The van der Waals surface area contributed by atoms with Gasteiger partial charge in [0.1, 0.15) is 12.4 Å². The molecule has 9 heteroatoms. The smallest absolute Gasteiger partial charge is 0.325 e. The van der Waals surface area contributed by atoms with Crippen LogP contribution in [0.2, 0.25) is 0 Å². The molecule has 1 aromatic carbocycles. The number of rotatable bonds is 10. The number of hydrogen-bond donors (Lipinski definition) is 3. The number of benzene rings is 1. The molecule has 0 fully saturated rings. The van der Waals surface area contributed by atoms with E-state index in [-0.39, 0.29) is 19.2 Å². The minimum atomic E-state index is -4.02. The van der Waals surface area contributed by atoms with Gasteiger partial charge >= 0.3 is 7.60 Å². The summed E-state index contributed by atoms with van der Waals surface area (Å²) in [5, 5.41) is 0. The quantitative estimate of drug-likeness (QED) is 0.373. The van der Waals surface area contributed by atoms with E-state index in [1.165, 1.54) is 0 Å². The van der Waals surface area contributed by atoms with Crippen molar-refractivity contribution in [3.05, 3.63) is 40.1 Å². The number of hydrogen-bond acceptors (Lipinski definition) is 6. The van der Waals surface area contributed by atoms with Gasteiger partial charge in [-0.1, -0.05) is 11.8 Å². The van der Waals surface area contributed by atoms with Crippen LogP contribution in [0.4, 0.5) is 0 Å². The number of nitrogens with two attached hydrogens (primary N) is 1. The van der Waals surface area contributed by atoms with Crippen LogP contribution in [0.25, 0.3) is 0 Å². The molecule has 0 saturated carbocycles. The Morgan fingerprint density at radius 3 is 2.53 bits per heavy atom. The third kappa shape index (κ3) is 8.39. The summed E-state index contributed by atoms with van der Waals surface area (Å²) >= 11 is 1.58. The van der Waals surface area contributed by atoms with Crippen LogP contribution in [-0.4, -0.2) is 42.3 Å². The molecule has 2 rings (SSSR count). The van der Waals surface area contributed by atoms with Gasteiger partial charge in [-0.3, -0.25) is 4.57 Å². The highest BCUT2D eigenvalue weighted by Crippen LogP contribution is 2.37. The maximum absolute atomic E-state index is 11.0. The van der Waals surface area contributed by atoms with Gasteiger partial charge in [-0.25, -0.2) is 0 Å². The molecule has 1 aromatic heterocycles. The summed E-state index contributed by atoms with van der Waals surface area (Å²) in [5.74, 6) is 7.95. The van der Waals surface area contributed by atoms with Crippen LogP contribution in [0.5, 0.6) is 17.2 Å². The zero-order valence-electron chi connectivity index (χ0n) is 17.4. The molecule has 30 heavy (non-hydrogen) atoms.